The number of alkyl halides is 3. The van der Waals surface area contributed by atoms with Crippen LogP contribution in [0.5, 0.6) is 0 Å². The van der Waals surface area contributed by atoms with Gasteiger partial charge in [-0.1, -0.05) is 13.8 Å². The molecule has 33 heavy (non-hydrogen) atoms. The highest BCUT2D eigenvalue weighted by Crippen LogP contribution is 2.30. The second-order valence-corrected chi connectivity index (χ2v) is 8.17. The Labute approximate surface area is 188 Å². The maximum Gasteiger partial charge on any atom is 0.417 e. The maximum absolute atomic E-state index is 13.3. The topological polar surface area (TPSA) is 54.3 Å². The van der Waals surface area contributed by atoms with Gasteiger partial charge in [0.1, 0.15) is 11.6 Å². The number of anilines is 1. The van der Waals surface area contributed by atoms with Crippen molar-refractivity contribution in [1.82, 2.24) is 19.7 Å². The predicted octanol–water partition coefficient (Wildman–Crippen LogP) is 4.51. The van der Waals surface area contributed by atoms with Crippen LogP contribution >= 0.6 is 0 Å². The van der Waals surface area contributed by atoms with Crippen LogP contribution in [0.1, 0.15) is 41.4 Å². The molecule has 1 aliphatic rings. The molecule has 0 N–H and O–H groups in total. The molecule has 0 radical (unpaired) electrons. The summed E-state index contributed by atoms with van der Waals surface area (Å²) in [6.07, 6.45) is -2.07. The highest BCUT2D eigenvalue weighted by Gasteiger charge is 2.32. The second-order valence-electron chi connectivity index (χ2n) is 8.17. The summed E-state index contributed by atoms with van der Waals surface area (Å²) in [5.74, 6) is -0.0722. The minimum absolute atomic E-state index is 0.00543. The van der Waals surface area contributed by atoms with Gasteiger partial charge in [-0.15, -0.1) is 0 Å². The Balaban J connectivity index is 1.48. The standard InChI is InChI=1S/C23H23F4N5O/c1-15(2)21-19(14-29-32(21)18-6-4-17(24)5-7-18)22(33)31-11-9-30(10-12-31)20-8-3-16(13-28-20)23(25,26)27/h3-8,13-15H,9-12H2,1-2H3. The van der Waals surface area contributed by atoms with Gasteiger partial charge in [0.2, 0.25) is 0 Å². The monoisotopic (exact) mass is 461 g/mol. The van der Waals surface area contributed by atoms with Crippen LogP contribution in [0.25, 0.3) is 5.69 Å². The molecule has 4 rings (SSSR count). The Hall–Kier alpha value is -3.43. The molecule has 1 aliphatic heterocycles. The summed E-state index contributed by atoms with van der Waals surface area (Å²) in [6.45, 7) is 5.63. The van der Waals surface area contributed by atoms with Crippen LogP contribution in [0, 0.1) is 5.82 Å². The van der Waals surface area contributed by atoms with E-state index in [-0.39, 0.29) is 17.6 Å². The zero-order valence-corrected chi connectivity index (χ0v) is 18.2. The normalized spacial score (nSPS) is 14.8. The van der Waals surface area contributed by atoms with Crippen LogP contribution in [0.15, 0.2) is 48.8 Å². The molecular weight excluding hydrogens is 438 g/mol. The number of aromatic nitrogens is 3. The van der Waals surface area contributed by atoms with E-state index >= 15 is 0 Å². The fourth-order valence-electron chi connectivity index (χ4n) is 3.92. The van der Waals surface area contributed by atoms with Gasteiger partial charge in [0.05, 0.1) is 28.7 Å². The molecule has 1 fully saturated rings. The zero-order chi connectivity index (χ0) is 23.8. The molecule has 0 saturated carbocycles. The molecule has 6 nitrogen and oxygen atoms in total. The van der Waals surface area contributed by atoms with Crippen molar-refractivity contribution in [2.75, 3.05) is 31.1 Å². The molecule has 10 heteroatoms. The molecule has 3 aromatic rings. The number of piperazine rings is 1. The van der Waals surface area contributed by atoms with E-state index in [1.54, 1.807) is 21.7 Å². The van der Waals surface area contributed by atoms with Gasteiger partial charge >= 0.3 is 6.18 Å². The Morgan fingerprint density at radius 1 is 0.970 bits per heavy atom. The highest BCUT2D eigenvalue weighted by atomic mass is 19.4. The summed E-state index contributed by atoms with van der Waals surface area (Å²) in [4.78, 5) is 20.8. The van der Waals surface area contributed by atoms with Crippen LogP contribution in [0.3, 0.4) is 0 Å². The van der Waals surface area contributed by atoms with Crippen LogP contribution in [-0.2, 0) is 6.18 Å². The summed E-state index contributed by atoms with van der Waals surface area (Å²) in [7, 11) is 0. The molecule has 1 aromatic carbocycles. The third kappa shape index (κ3) is 4.69. The summed E-state index contributed by atoms with van der Waals surface area (Å²) in [5, 5.41) is 4.38. The Bertz CT molecular complexity index is 1120. The van der Waals surface area contributed by atoms with E-state index in [1.165, 1.54) is 24.4 Å². The van der Waals surface area contributed by atoms with Crippen molar-refractivity contribution in [3.05, 3.63) is 71.4 Å². The summed E-state index contributed by atoms with van der Waals surface area (Å²) in [5.41, 5.74) is 1.09. The molecule has 0 aliphatic carbocycles. The molecule has 1 saturated heterocycles. The summed E-state index contributed by atoms with van der Waals surface area (Å²) < 4.78 is 53.2. The lowest BCUT2D eigenvalue weighted by atomic mass is 10.0. The predicted molar refractivity (Wildman–Crippen MR) is 115 cm³/mol. The fraction of sp³-hybridized carbons (Fsp3) is 0.348. The van der Waals surface area contributed by atoms with Crippen molar-refractivity contribution in [3.8, 4) is 5.69 Å². The van der Waals surface area contributed by atoms with E-state index in [1.807, 2.05) is 18.7 Å². The quantitative estimate of drug-likeness (QED) is 0.537. The first kappa shape index (κ1) is 22.8. The smallest absolute Gasteiger partial charge is 0.353 e. The largest absolute Gasteiger partial charge is 0.417 e. The first-order chi connectivity index (χ1) is 15.6. The van der Waals surface area contributed by atoms with Crippen LogP contribution in [0.4, 0.5) is 23.4 Å². The van der Waals surface area contributed by atoms with Crippen LogP contribution < -0.4 is 4.90 Å². The lowest BCUT2D eigenvalue weighted by molar-refractivity contribution is -0.137. The van der Waals surface area contributed by atoms with Crippen molar-refractivity contribution in [2.24, 2.45) is 0 Å². The van der Waals surface area contributed by atoms with E-state index in [9.17, 15) is 22.4 Å². The molecular formula is C23H23F4N5O. The number of amides is 1. The zero-order valence-electron chi connectivity index (χ0n) is 18.2. The number of carbonyl (C=O) groups excluding carboxylic acids is 1. The number of carbonyl (C=O) groups is 1. The average molecular weight is 461 g/mol. The minimum Gasteiger partial charge on any atom is -0.353 e. The number of benzene rings is 1. The van der Waals surface area contributed by atoms with Gasteiger partial charge in [-0.05, 0) is 42.3 Å². The molecule has 3 heterocycles. The molecule has 1 amide bonds. The van der Waals surface area contributed by atoms with E-state index in [4.69, 9.17) is 0 Å². The Morgan fingerprint density at radius 2 is 1.64 bits per heavy atom. The molecule has 0 unspecified atom stereocenters. The molecule has 0 bridgehead atoms. The summed E-state index contributed by atoms with van der Waals surface area (Å²) in [6, 6.07) is 8.27. The minimum atomic E-state index is -4.43. The highest BCUT2D eigenvalue weighted by molar-refractivity contribution is 5.95. The number of pyridine rings is 1. The van der Waals surface area contributed by atoms with E-state index in [0.29, 0.717) is 43.2 Å². The number of hydrogen-bond donors (Lipinski definition) is 0. The Kier molecular flexibility index (Phi) is 6.09. The van der Waals surface area contributed by atoms with Crippen LogP contribution in [-0.4, -0.2) is 51.8 Å². The van der Waals surface area contributed by atoms with E-state index in [2.05, 4.69) is 10.1 Å². The van der Waals surface area contributed by atoms with E-state index < -0.39 is 11.7 Å². The summed E-state index contributed by atoms with van der Waals surface area (Å²) >= 11 is 0. The van der Waals surface area contributed by atoms with Gasteiger partial charge in [-0.25, -0.2) is 14.1 Å². The van der Waals surface area contributed by atoms with Gasteiger partial charge < -0.3 is 9.80 Å². The number of nitrogens with zero attached hydrogens (tertiary/aromatic N) is 5. The number of rotatable bonds is 4. The number of halogens is 4. The first-order valence-corrected chi connectivity index (χ1v) is 10.6. The molecule has 0 spiro atoms. The second kappa shape index (κ2) is 8.84. The van der Waals surface area contributed by atoms with Gasteiger partial charge in [-0.2, -0.15) is 18.3 Å². The van der Waals surface area contributed by atoms with Crippen molar-refractivity contribution >= 4 is 11.7 Å². The van der Waals surface area contributed by atoms with Crippen molar-refractivity contribution in [2.45, 2.75) is 25.9 Å². The maximum atomic E-state index is 13.3. The SMILES string of the molecule is CC(C)c1c(C(=O)N2CCN(c3ccc(C(F)(F)F)cn3)CC2)cnn1-c1ccc(F)cc1. The van der Waals surface area contributed by atoms with E-state index in [0.717, 1.165) is 18.0 Å². The van der Waals surface area contributed by atoms with Gasteiger partial charge in [0.15, 0.2) is 0 Å². The third-order valence-corrected chi connectivity index (χ3v) is 5.62. The van der Waals surface area contributed by atoms with Gasteiger partial charge in [0.25, 0.3) is 5.91 Å². The lowest BCUT2D eigenvalue weighted by Gasteiger charge is -2.35. The Morgan fingerprint density at radius 3 is 2.18 bits per heavy atom. The van der Waals surface area contributed by atoms with Gasteiger partial charge in [-0.3, -0.25) is 4.79 Å². The molecule has 2 aromatic heterocycles. The van der Waals surface area contributed by atoms with Crippen molar-refractivity contribution in [3.63, 3.8) is 0 Å². The lowest BCUT2D eigenvalue weighted by Crippen LogP contribution is -2.49. The molecule has 0 atom stereocenters. The van der Waals surface area contributed by atoms with Crippen molar-refractivity contribution < 1.29 is 22.4 Å². The van der Waals surface area contributed by atoms with Gasteiger partial charge in [0, 0.05) is 32.4 Å². The number of hydrogen-bond acceptors (Lipinski definition) is 4. The van der Waals surface area contributed by atoms with Crippen LogP contribution in [0.2, 0.25) is 0 Å². The third-order valence-electron chi connectivity index (χ3n) is 5.62. The first-order valence-electron chi connectivity index (χ1n) is 10.6. The average Bonchev–Trinajstić information content (AvgIpc) is 3.24. The fourth-order valence-corrected chi connectivity index (χ4v) is 3.92. The molecule has 174 valence electrons. The van der Waals surface area contributed by atoms with Crippen molar-refractivity contribution in [1.29, 1.82) is 0 Å².